The molecule has 0 saturated heterocycles. The Hall–Kier alpha value is -0.800. The van der Waals surface area contributed by atoms with E-state index in [2.05, 4.69) is 9.47 Å². The van der Waals surface area contributed by atoms with Gasteiger partial charge in [0.15, 0.2) is 0 Å². The van der Waals surface area contributed by atoms with Gasteiger partial charge in [0, 0.05) is 6.42 Å². The van der Waals surface area contributed by atoms with E-state index in [1.165, 1.54) is 6.92 Å². The highest BCUT2D eigenvalue weighted by Gasteiger charge is 2.42. The van der Waals surface area contributed by atoms with Crippen LogP contribution in [0.4, 0.5) is 8.78 Å². The fraction of sp³-hybridized carbons (Fsp3) is 0.667. The van der Waals surface area contributed by atoms with Gasteiger partial charge in [-0.15, -0.1) is 8.78 Å². The van der Waals surface area contributed by atoms with Crippen molar-refractivity contribution in [2.75, 3.05) is 0 Å². The van der Waals surface area contributed by atoms with Gasteiger partial charge in [0.2, 0.25) is 0 Å². The first-order valence-electron chi connectivity index (χ1n) is 3.01. The second-order valence-corrected chi connectivity index (χ2v) is 2.00. The maximum absolute atomic E-state index is 12.1. The summed E-state index contributed by atoms with van der Waals surface area (Å²) in [5, 5.41) is 0. The molecule has 0 bridgehead atoms. The predicted molar refractivity (Wildman–Crippen MR) is 30.1 cm³/mol. The summed E-state index contributed by atoms with van der Waals surface area (Å²) >= 11 is 0. The average Bonchev–Trinajstić information content (AvgIpc) is 2.05. The summed E-state index contributed by atoms with van der Waals surface area (Å²) in [7, 11) is 0. The molecule has 0 unspecified atom stereocenters. The van der Waals surface area contributed by atoms with E-state index in [-0.39, 0.29) is 11.5 Å². The van der Waals surface area contributed by atoms with Crippen LogP contribution in [0.3, 0.4) is 0 Å². The van der Waals surface area contributed by atoms with E-state index in [1.54, 1.807) is 6.92 Å². The number of allylic oxidation sites excluding steroid dienone is 2. The van der Waals surface area contributed by atoms with Crippen molar-refractivity contribution in [3.05, 3.63) is 11.5 Å². The summed E-state index contributed by atoms with van der Waals surface area (Å²) < 4.78 is 32.5. The fourth-order valence-corrected chi connectivity index (χ4v) is 0.792. The molecular formula is C6H8F2O2. The van der Waals surface area contributed by atoms with Crippen LogP contribution >= 0.6 is 0 Å². The SMILES string of the molecule is CCC1=C(C)OC(F)(F)O1. The number of hydrogen-bond donors (Lipinski definition) is 0. The largest absolute Gasteiger partial charge is 0.585 e. The summed E-state index contributed by atoms with van der Waals surface area (Å²) in [6.45, 7) is 3.18. The lowest BCUT2D eigenvalue weighted by molar-refractivity contribution is -0.337. The molecule has 0 aromatic heterocycles. The quantitative estimate of drug-likeness (QED) is 0.570. The van der Waals surface area contributed by atoms with Gasteiger partial charge in [0.25, 0.3) is 0 Å². The Morgan fingerprint density at radius 1 is 1.40 bits per heavy atom. The highest BCUT2D eigenvalue weighted by molar-refractivity contribution is 5.02. The standard InChI is InChI=1S/C6H8F2O2/c1-3-5-4(2)9-6(7,8)10-5/h3H2,1-2H3. The van der Waals surface area contributed by atoms with Gasteiger partial charge < -0.3 is 9.47 Å². The van der Waals surface area contributed by atoms with Crippen molar-refractivity contribution in [1.29, 1.82) is 0 Å². The van der Waals surface area contributed by atoms with E-state index in [4.69, 9.17) is 0 Å². The third-order valence-electron chi connectivity index (χ3n) is 1.23. The number of hydrogen-bond acceptors (Lipinski definition) is 2. The Balaban J connectivity index is 2.68. The lowest BCUT2D eigenvalue weighted by atomic mass is 10.3. The average molecular weight is 150 g/mol. The Kier molecular flexibility index (Phi) is 1.54. The molecule has 10 heavy (non-hydrogen) atoms. The van der Waals surface area contributed by atoms with Crippen LogP contribution in [0, 0.1) is 0 Å². The van der Waals surface area contributed by atoms with Crippen molar-refractivity contribution in [2.24, 2.45) is 0 Å². The second kappa shape index (κ2) is 2.11. The molecule has 0 aromatic carbocycles. The fourth-order valence-electron chi connectivity index (χ4n) is 0.792. The first-order valence-corrected chi connectivity index (χ1v) is 3.01. The topological polar surface area (TPSA) is 18.5 Å². The maximum Gasteiger partial charge on any atom is 0.585 e. The minimum Gasteiger partial charge on any atom is -0.401 e. The van der Waals surface area contributed by atoms with Crippen molar-refractivity contribution in [3.63, 3.8) is 0 Å². The molecule has 0 N–H and O–H groups in total. The van der Waals surface area contributed by atoms with E-state index < -0.39 is 6.29 Å². The maximum atomic E-state index is 12.1. The molecule has 1 rings (SSSR count). The van der Waals surface area contributed by atoms with Crippen LogP contribution in [0.15, 0.2) is 11.5 Å². The molecule has 1 heterocycles. The Morgan fingerprint density at radius 3 is 2.20 bits per heavy atom. The molecule has 0 saturated carbocycles. The molecular weight excluding hydrogens is 142 g/mol. The van der Waals surface area contributed by atoms with Crippen LogP contribution in [-0.2, 0) is 9.47 Å². The minimum absolute atomic E-state index is 0.174. The molecule has 0 aromatic rings. The molecule has 0 amide bonds. The Bertz CT molecular complexity index is 175. The molecule has 0 aliphatic carbocycles. The summed E-state index contributed by atoms with van der Waals surface area (Å²) in [5.41, 5.74) is 0. The summed E-state index contributed by atoms with van der Waals surface area (Å²) in [5.74, 6) is 0.400. The van der Waals surface area contributed by atoms with Crippen molar-refractivity contribution < 1.29 is 18.3 Å². The third-order valence-corrected chi connectivity index (χ3v) is 1.23. The van der Waals surface area contributed by atoms with Gasteiger partial charge in [-0.05, 0) is 6.92 Å². The second-order valence-electron chi connectivity index (χ2n) is 2.00. The number of ether oxygens (including phenoxy) is 2. The molecule has 2 nitrogen and oxygen atoms in total. The number of rotatable bonds is 1. The summed E-state index contributed by atoms with van der Waals surface area (Å²) in [6.07, 6.45) is -3.00. The molecule has 0 radical (unpaired) electrons. The van der Waals surface area contributed by atoms with Crippen molar-refractivity contribution in [2.45, 2.75) is 26.6 Å². The van der Waals surface area contributed by atoms with E-state index in [1.807, 2.05) is 0 Å². The molecule has 1 aliphatic rings. The highest BCUT2D eigenvalue weighted by Crippen LogP contribution is 2.34. The van der Waals surface area contributed by atoms with E-state index in [0.717, 1.165) is 0 Å². The predicted octanol–water partition coefficient (Wildman–Crippen LogP) is 2.23. The van der Waals surface area contributed by atoms with E-state index >= 15 is 0 Å². The lowest BCUT2D eigenvalue weighted by Gasteiger charge is -2.06. The van der Waals surface area contributed by atoms with Crippen LogP contribution in [0.5, 0.6) is 0 Å². The number of alkyl halides is 2. The van der Waals surface area contributed by atoms with E-state index in [9.17, 15) is 8.78 Å². The molecule has 0 spiro atoms. The lowest BCUT2D eigenvalue weighted by Crippen LogP contribution is -2.16. The van der Waals surface area contributed by atoms with Gasteiger partial charge in [-0.25, -0.2) is 0 Å². The molecule has 4 heteroatoms. The van der Waals surface area contributed by atoms with Crippen molar-refractivity contribution in [3.8, 4) is 0 Å². The van der Waals surface area contributed by atoms with Crippen LogP contribution in [0.25, 0.3) is 0 Å². The van der Waals surface area contributed by atoms with Crippen LogP contribution < -0.4 is 0 Å². The zero-order chi connectivity index (χ0) is 7.78. The first kappa shape index (κ1) is 7.31. The normalized spacial score (nSPS) is 22.4. The van der Waals surface area contributed by atoms with Gasteiger partial charge in [0.1, 0.15) is 11.5 Å². The van der Waals surface area contributed by atoms with Crippen LogP contribution in [0.1, 0.15) is 20.3 Å². The van der Waals surface area contributed by atoms with Gasteiger partial charge in [0.05, 0.1) is 0 Å². The molecule has 0 atom stereocenters. The van der Waals surface area contributed by atoms with Crippen LogP contribution in [0.2, 0.25) is 0 Å². The summed E-state index contributed by atoms with van der Waals surface area (Å²) in [4.78, 5) is 0. The molecule has 0 fully saturated rings. The number of halogens is 2. The highest BCUT2D eigenvalue weighted by atomic mass is 19.3. The monoisotopic (exact) mass is 150 g/mol. The van der Waals surface area contributed by atoms with Crippen molar-refractivity contribution >= 4 is 0 Å². The van der Waals surface area contributed by atoms with Crippen LogP contribution in [-0.4, -0.2) is 6.29 Å². The summed E-state index contributed by atoms with van der Waals surface area (Å²) in [6, 6.07) is 0. The smallest absolute Gasteiger partial charge is 0.401 e. The van der Waals surface area contributed by atoms with Gasteiger partial charge in [-0.2, -0.15) is 0 Å². The minimum atomic E-state index is -3.44. The van der Waals surface area contributed by atoms with Gasteiger partial charge in [-0.3, -0.25) is 0 Å². The Morgan fingerprint density at radius 2 is 2.00 bits per heavy atom. The third kappa shape index (κ3) is 1.20. The zero-order valence-electron chi connectivity index (χ0n) is 5.78. The zero-order valence-corrected chi connectivity index (χ0v) is 5.78. The van der Waals surface area contributed by atoms with Crippen molar-refractivity contribution in [1.82, 2.24) is 0 Å². The van der Waals surface area contributed by atoms with Gasteiger partial charge in [-0.1, -0.05) is 6.92 Å². The first-order chi connectivity index (χ1) is 4.55. The van der Waals surface area contributed by atoms with Gasteiger partial charge >= 0.3 is 6.29 Å². The molecule has 1 aliphatic heterocycles. The van der Waals surface area contributed by atoms with E-state index in [0.29, 0.717) is 6.42 Å². The molecule has 58 valence electrons. The Labute approximate surface area is 57.4 Å².